The predicted octanol–water partition coefficient (Wildman–Crippen LogP) is 1.50. The maximum Gasteiger partial charge on any atom is 0.397 e. The first-order valence-corrected chi connectivity index (χ1v) is 6.29. The monoisotopic (exact) mass is 250 g/mol. The average Bonchev–Trinajstić information content (AvgIpc) is 2.61. The zero-order valence-corrected chi connectivity index (χ0v) is 10.5. The SMILES string of the molecule is CCCCc1cnc(C)[nH]1.COS(=O)(=O)O. The minimum absolute atomic E-state index is 0.870. The van der Waals surface area contributed by atoms with Crippen molar-refractivity contribution in [3.8, 4) is 0 Å². The lowest BCUT2D eigenvalue weighted by Gasteiger charge is -1.91. The van der Waals surface area contributed by atoms with Crippen molar-refractivity contribution < 1.29 is 17.2 Å². The molecule has 1 aromatic rings. The van der Waals surface area contributed by atoms with Crippen molar-refractivity contribution in [3.05, 3.63) is 17.7 Å². The third-order valence-corrected chi connectivity index (χ3v) is 2.19. The summed E-state index contributed by atoms with van der Waals surface area (Å²) >= 11 is 0. The molecule has 1 heterocycles. The maximum absolute atomic E-state index is 9.33. The van der Waals surface area contributed by atoms with Gasteiger partial charge in [-0.05, 0) is 19.8 Å². The molecule has 0 bridgehead atoms. The highest BCUT2D eigenvalue weighted by Crippen LogP contribution is 2.01. The number of unbranched alkanes of at least 4 members (excludes halogenated alkanes) is 1. The van der Waals surface area contributed by atoms with E-state index in [-0.39, 0.29) is 0 Å². The van der Waals surface area contributed by atoms with Crippen molar-refractivity contribution in [2.75, 3.05) is 7.11 Å². The molecule has 1 aromatic heterocycles. The van der Waals surface area contributed by atoms with Crippen LogP contribution in [0.4, 0.5) is 0 Å². The number of hydrogen-bond donors (Lipinski definition) is 2. The van der Waals surface area contributed by atoms with E-state index in [0.29, 0.717) is 0 Å². The molecule has 0 saturated carbocycles. The molecule has 0 fully saturated rings. The second kappa shape index (κ2) is 7.37. The molecule has 94 valence electrons. The molecule has 0 aromatic carbocycles. The largest absolute Gasteiger partial charge is 0.397 e. The number of H-pyrrole nitrogens is 1. The number of hydrogen-bond acceptors (Lipinski definition) is 4. The van der Waals surface area contributed by atoms with Crippen LogP contribution in [0, 0.1) is 6.92 Å². The van der Waals surface area contributed by atoms with Crippen LogP contribution in [0.25, 0.3) is 0 Å². The first kappa shape index (κ1) is 15.1. The summed E-state index contributed by atoms with van der Waals surface area (Å²) < 4.78 is 29.7. The van der Waals surface area contributed by atoms with Crippen LogP contribution in [-0.4, -0.2) is 30.0 Å². The Morgan fingerprint density at radius 3 is 2.44 bits per heavy atom. The molecule has 6 nitrogen and oxygen atoms in total. The lowest BCUT2D eigenvalue weighted by molar-refractivity contribution is 0.324. The van der Waals surface area contributed by atoms with Gasteiger partial charge in [-0.25, -0.2) is 4.98 Å². The number of nitrogens with zero attached hydrogens (tertiary/aromatic N) is 1. The lowest BCUT2D eigenvalue weighted by atomic mass is 10.2. The van der Waals surface area contributed by atoms with Crippen molar-refractivity contribution in [2.45, 2.75) is 33.1 Å². The van der Waals surface area contributed by atoms with Gasteiger partial charge in [0.15, 0.2) is 0 Å². The van der Waals surface area contributed by atoms with Gasteiger partial charge in [0, 0.05) is 11.9 Å². The zero-order chi connectivity index (χ0) is 12.6. The molecule has 0 aliphatic rings. The van der Waals surface area contributed by atoms with E-state index in [4.69, 9.17) is 4.55 Å². The standard InChI is InChI=1S/C8H14N2.CH4O4S/c1-3-4-5-8-6-9-7(2)10-8;1-5-6(2,3)4/h6H,3-5H2,1-2H3,(H,9,10);1H3,(H,2,3,4). The molecule has 0 unspecified atom stereocenters. The number of aryl methyl sites for hydroxylation is 2. The van der Waals surface area contributed by atoms with Crippen molar-refractivity contribution >= 4 is 10.4 Å². The number of aromatic amines is 1. The first-order valence-electron chi connectivity index (χ1n) is 4.92. The highest BCUT2D eigenvalue weighted by molar-refractivity contribution is 7.80. The summed E-state index contributed by atoms with van der Waals surface area (Å²) in [7, 11) is -3.29. The van der Waals surface area contributed by atoms with Gasteiger partial charge in [0.05, 0.1) is 7.11 Å². The van der Waals surface area contributed by atoms with Crippen molar-refractivity contribution in [3.63, 3.8) is 0 Å². The Hall–Kier alpha value is -0.920. The minimum atomic E-state index is -4.16. The summed E-state index contributed by atoms with van der Waals surface area (Å²) in [6.07, 6.45) is 5.56. The Kier molecular flexibility index (Phi) is 6.95. The van der Waals surface area contributed by atoms with Crippen molar-refractivity contribution in [1.29, 1.82) is 0 Å². The van der Waals surface area contributed by atoms with E-state index < -0.39 is 10.4 Å². The topological polar surface area (TPSA) is 92.3 Å². The summed E-state index contributed by atoms with van der Waals surface area (Å²) in [5.74, 6) is 1.02. The molecule has 7 heteroatoms. The summed E-state index contributed by atoms with van der Waals surface area (Å²) in [5, 5.41) is 0. The Labute approximate surface area is 96.0 Å². The van der Waals surface area contributed by atoms with Crippen LogP contribution in [0.5, 0.6) is 0 Å². The Morgan fingerprint density at radius 1 is 1.56 bits per heavy atom. The van der Waals surface area contributed by atoms with Gasteiger partial charge in [0.1, 0.15) is 5.82 Å². The van der Waals surface area contributed by atoms with E-state index in [1.807, 2.05) is 13.1 Å². The van der Waals surface area contributed by atoms with Crippen LogP contribution in [-0.2, 0) is 21.0 Å². The van der Waals surface area contributed by atoms with Gasteiger partial charge in [0.25, 0.3) is 0 Å². The van der Waals surface area contributed by atoms with Crippen LogP contribution in [0.15, 0.2) is 6.20 Å². The van der Waals surface area contributed by atoms with Gasteiger partial charge in [-0.2, -0.15) is 8.42 Å². The fourth-order valence-electron chi connectivity index (χ4n) is 0.966. The molecule has 0 aliphatic heterocycles. The highest BCUT2D eigenvalue weighted by atomic mass is 32.3. The Balaban J connectivity index is 0.000000325. The molecular weight excluding hydrogens is 232 g/mol. The van der Waals surface area contributed by atoms with Gasteiger partial charge in [-0.1, -0.05) is 13.3 Å². The number of nitrogens with one attached hydrogen (secondary N) is 1. The van der Waals surface area contributed by atoms with Crippen molar-refractivity contribution in [1.82, 2.24) is 9.97 Å². The number of rotatable bonds is 4. The smallest absolute Gasteiger partial charge is 0.346 e. The summed E-state index contributed by atoms with van der Waals surface area (Å²) in [4.78, 5) is 7.31. The van der Waals surface area contributed by atoms with Crippen LogP contribution in [0.2, 0.25) is 0 Å². The zero-order valence-electron chi connectivity index (χ0n) is 9.73. The third-order valence-electron chi connectivity index (χ3n) is 1.77. The molecule has 0 aliphatic carbocycles. The van der Waals surface area contributed by atoms with Gasteiger partial charge < -0.3 is 4.98 Å². The second-order valence-corrected chi connectivity index (χ2v) is 4.38. The quantitative estimate of drug-likeness (QED) is 0.790. The van der Waals surface area contributed by atoms with Crippen LogP contribution < -0.4 is 0 Å². The lowest BCUT2D eigenvalue weighted by Crippen LogP contribution is -1.96. The summed E-state index contributed by atoms with van der Waals surface area (Å²) in [6, 6.07) is 0. The second-order valence-electron chi connectivity index (χ2n) is 3.19. The maximum atomic E-state index is 9.33. The van der Waals surface area contributed by atoms with E-state index >= 15 is 0 Å². The Bertz CT molecular complexity index is 386. The summed E-state index contributed by atoms with van der Waals surface area (Å²) in [6.45, 7) is 4.18. The van der Waals surface area contributed by atoms with Crippen LogP contribution >= 0.6 is 0 Å². The normalized spacial score (nSPS) is 10.8. The minimum Gasteiger partial charge on any atom is -0.346 e. The van der Waals surface area contributed by atoms with Gasteiger partial charge in [0.2, 0.25) is 0 Å². The van der Waals surface area contributed by atoms with E-state index in [1.54, 1.807) is 0 Å². The third kappa shape index (κ3) is 8.39. The molecule has 0 spiro atoms. The van der Waals surface area contributed by atoms with Gasteiger partial charge in [-0.3, -0.25) is 8.74 Å². The molecule has 1 rings (SSSR count). The van der Waals surface area contributed by atoms with Crippen LogP contribution in [0.1, 0.15) is 31.3 Å². The molecule has 16 heavy (non-hydrogen) atoms. The predicted molar refractivity (Wildman–Crippen MR) is 60.5 cm³/mol. The van der Waals surface area contributed by atoms with Gasteiger partial charge >= 0.3 is 10.4 Å². The molecule has 0 saturated heterocycles. The first-order chi connectivity index (χ1) is 7.39. The molecule has 0 atom stereocenters. The molecule has 0 amide bonds. The van der Waals surface area contributed by atoms with Crippen LogP contribution in [0.3, 0.4) is 0 Å². The van der Waals surface area contributed by atoms with E-state index in [2.05, 4.69) is 21.1 Å². The van der Waals surface area contributed by atoms with Crippen molar-refractivity contribution in [2.24, 2.45) is 0 Å². The van der Waals surface area contributed by atoms with E-state index in [9.17, 15) is 8.42 Å². The van der Waals surface area contributed by atoms with E-state index in [1.165, 1.54) is 18.5 Å². The fraction of sp³-hybridized carbons (Fsp3) is 0.667. The Morgan fingerprint density at radius 2 is 2.12 bits per heavy atom. The number of aromatic nitrogens is 2. The summed E-state index contributed by atoms with van der Waals surface area (Å²) in [5.41, 5.74) is 1.26. The average molecular weight is 250 g/mol. The number of imidazole rings is 1. The van der Waals surface area contributed by atoms with E-state index in [0.717, 1.165) is 19.4 Å². The fourth-order valence-corrected chi connectivity index (χ4v) is 0.966. The molecular formula is C9H18N2O4S. The molecule has 0 radical (unpaired) electrons. The molecule has 2 N–H and O–H groups in total. The van der Waals surface area contributed by atoms with Gasteiger partial charge in [-0.15, -0.1) is 0 Å². The highest BCUT2D eigenvalue weighted by Gasteiger charge is 1.94.